The minimum Gasteiger partial charge on any atom is -0.461 e. The molecule has 2 aromatic rings. The second-order valence-corrected chi connectivity index (χ2v) is 5.72. The molecule has 0 bridgehead atoms. The lowest BCUT2D eigenvalue weighted by molar-refractivity contribution is 0.0513. The lowest BCUT2D eigenvalue weighted by Crippen LogP contribution is -2.24. The highest BCUT2D eigenvalue weighted by Gasteiger charge is 2.26. The zero-order valence-corrected chi connectivity index (χ0v) is 15.0. The maximum Gasteiger partial charge on any atom is 0.355 e. The third-order valence-electron chi connectivity index (χ3n) is 4.07. The van der Waals surface area contributed by atoms with E-state index in [0.29, 0.717) is 29.9 Å². The number of benzene rings is 1. The molecule has 1 aromatic carbocycles. The van der Waals surface area contributed by atoms with Crippen LogP contribution in [0.25, 0.3) is 0 Å². The molecule has 5 nitrogen and oxygen atoms in total. The highest BCUT2D eigenvalue weighted by molar-refractivity contribution is 6.01. The number of hydrogen-bond acceptors (Lipinski definition) is 3. The van der Waals surface area contributed by atoms with E-state index in [4.69, 9.17) is 4.74 Å². The van der Waals surface area contributed by atoms with Gasteiger partial charge in [-0.2, -0.15) is 0 Å². The van der Waals surface area contributed by atoms with Crippen LogP contribution in [0.4, 0.5) is 0 Å². The zero-order valence-electron chi connectivity index (χ0n) is 15.0. The quantitative estimate of drug-likeness (QED) is 0.621. The zero-order chi connectivity index (χ0) is 18.4. The highest BCUT2D eigenvalue weighted by Crippen LogP contribution is 2.23. The minimum atomic E-state index is -0.424. The van der Waals surface area contributed by atoms with Crippen molar-refractivity contribution in [3.63, 3.8) is 0 Å². The Morgan fingerprint density at radius 1 is 1.24 bits per heavy atom. The van der Waals surface area contributed by atoms with Crippen LogP contribution in [0, 0.1) is 13.8 Å². The predicted octanol–water partition coefficient (Wildman–Crippen LogP) is 3.40. The first-order chi connectivity index (χ1) is 12.0. The normalized spacial score (nSPS) is 10.4. The summed E-state index contributed by atoms with van der Waals surface area (Å²) in [6, 6.07) is 9.69. The van der Waals surface area contributed by atoms with E-state index in [9.17, 15) is 9.59 Å². The fraction of sp³-hybridized carbons (Fsp3) is 0.300. The number of nitrogens with zero attached hydrogens (tertiary/aromatic N) is 1. The number of carbonyl (C=O) groups is 2. The van der Waals surface area contributed by atoms with Crippen LogP contribution in [0.5, 0.6) is 0 Å². The Morgan fingerprint density at radius 2 is 1.92 bits per heavy atom. The van der Waals surface area contributed by atoms with Crippen molar-refractivity contribution < 1.29 is 14.3 Å². The van der Waals surface area contributed by atoms with Gasteiger partial charge in [-0.1, -0.05) is 36.4 Å². The molecule has 1 N–H and O–H groups in total. The molecule has 0 spiro atoms. The molecule has 132 valence electrons. The molecule has 0 aliphatic rings. The SMILES string of the molecule is C=CCn1c(C)c(C(=O)NCc2ccccc2)c(C)c1C(=O)OCC. The Morgan fingerprint density at radius 3 is 2.52 bits per heavy atom. The van der Waals surface area contributed by atoms with Gasteiger partial charge in [0.05, 0.1) is 12.2 Å². The molecule has 1 amide bonds. The molecule has 0 fully saturated rings. The maximum absolute atomic E-state index is 12.7. The molecule has 25 heavy (non-hydrogen) atoms. The summed E-state index contributed by atoms with van der Waals surface area (Å²) in [7, 11) is 0. The lowest BCUT2D eigenvalue weighted by Gasteiger charge is -2.09. The van der Waals surface area contributed by atoms with Crippen LogP contribution in [0.15, 0.2) is 43.0 Å². The lowest BCUT2D eigenvalue weighted by atomic mass is 10.1. The number of carbonyl (C=O) groups excluding carboxylic acids is 2. The van der Waals surface area contributed by atoms with Crippen LogP contribution >= 0.6 is 0 Å². The van der Waals surface area contributed by atoms with E-state index in [1.54, 1.807) is 24.5 Å². The van der Waals surface area contributed by atoms with E-state index in [-0.39, 0.29) is 12.5 Å². The molecule has 0 atom stereocenters. The van der Waals surface area contributed by atoms with Gasteiger partial charge in [-0.15, -0.1) is 6.58 Å². The smallest absolute Gasteiger partial charge is 0.355 e. The van der Waals surface area contributed by atoms with Gasteiger partial charge in [0, 0.05) is 18.8 Å². The first kappa shape index (κ1) is 18.5. The second kappa shape index (κ2) is 8.33. The van der Waals surface area contributed by atoms with Gasteiger partial charge < -0.3 is 14.6 Å². The van der Waals surface area contributed by atoms with Crippen LogP contribution in [-0.2, 0) is 17.8 Å². The van der Waals surface area contributed by atoms with Crippen molar-refractivity contribution in [1.29, 1.82) is 0 Å². The molecule has 0 unspecified atom stereocenters. The molecule has 1 aromatic heterocycles. The van der Waals surface area contributed by atoms with Crippen LogP contribution in [0.1, 0.15) is 44.6 Å². The monoisotopic (exact) mass is 340 g/mol. The summed E-state index contributed by atoms with van der Waals surface area (Å²) in [6.45, 7) is 10.2. The van der Waals surface area contributed by atoms with E-state index in [0.717, 1.165) is 11.3 Å². The van der Waals surface area contributed by atoms with Crippen LogP contribution < -0.4 is 5.32 Å². The van der Waals surface area contributed by atoms with Crippen LogP contribution in [0.3, 0.4) is 0 Å². The fourth-order valence-electron chi connectivity index (χ4n) is 2.92. The number of aromatic nitrogens is 1. The van der Waals surface area contributed by atoms with Crippen molar-refractivity contribution in [2.45, 2.75) is 33.9 Å². The number of amides is 1. The van der Waals surface area contributed by atoms with E-state index in [1.165, 1.54) is 0 Å². The molecule has 0 aliphatic heterocycles. The molecular weight excluding hydrogens is 316 g/mol. The van der Waals surface area contributed by atoms with Crippen molar-refractivity contribution >= 4 is 11.9 Å². The molecule has 2 rings (SSSR count). The Balaban J connectivity index is 2.33. The van der Waals surface area contributed by atoms with E-state index in [2.05, 4.69) is 11.9 Å². The van der Waals surface area contributed by atoms with Crippen molar-refractivity contribution in [3.05, 3.63) is 71.1 Å². The average Bonchev–Trinajstić information content (AvgIpc) is 2.85. The summed E-state index contributed by atoms with van der Waals surface area (Å²) in [5.41, 5.74) is 3.29. The largest absolute Gasteiger partial charge is 0.461 e. The third-order valence-corrected chi connectivity index (χ3v) is 4.07. The van der Waals surface area contributed by atoms with Gasteiger partial charge >= 0.3 is 5.97 Å². The number of rotatable bonds is 7. The summed E-state index contributed by atoms with van der Waals surface area (Å²) in [6.07, 6.45) is 1.70. The second-order valence-electron chi connectivity index (χ2n) is 5.72. The van der Waals surface area contributed by atoms with Crippen molar-refractivity contribution in [3.8, 4) is 0 Å². The Hall–Kier alpha value is -2.82. The summed E-state index contributed by atoms with van der Waals surface area (Å²) in [5.74, 6) is -0.626. The molecule has 0 saturated heterocycles. The highest BCUT2D eigenvalue weighted by atomic mass is 16.5. The number of hydrogen-bond donors (Lipinski definition) is 1. The van der Waals surface area contributed by atoms with Gasteiger partial charge in [-0.25, -0.2) is 4.79 Å². The molecule has 0 aliphatic carbocycles. The van der Waals surface area contributed by atoms with Gasteiger partial charge in [-0.05, 0) is 31.9 Å². The van der Waals surface area contributed by atoms with E-state index < -0.39 is 5.97 Å². The fourth-order valence-corrected chi connectivity index (χ4v) is 2.92. The number of ether oxygens (including phenoxy) is 1. The van der Waals surface area contributed by atoms with E-state index >= 15 is 0 Å². The molecule has 1 heterocycles. The summed E-state index contributed by atoms with van der Waals surface area (Å²) < 4.78 is 6.92. The Kier molecular flexibility index (Phi) is 6.17. The van der Waals surface area contributed by atoms with Gasteiger partial charge in [-0.3, -0.25) is 4.79 Å². The Bertz CT molecular complexity index is 776. The molecule has 0 radical (unpaired) electrons. The van der Waals surface area contributed by atoms with E-state index in [1.807, 2.05) is 37.3 Å². The first-order valence-corrected chi connectivity index (χ1v) is 8.31. The summed E-state index contributed by atoms with van der Waals surface area (Å²) in [4.78, 5) is 25.0. The van der Waals surface area contributed by atoms with Crippen molar-refractivity contribution in [2.75, 3.05) is 6.61 Å². The van der Waals surface area contributed by atoms with Crippen LogP contribution in [0.2, 0.25) is 0 Å². The standard InChI is InChI=1S/C20H24N2O3/c1-5-12-22-15(4)17(14(3)18(22)20(24)25-6-2)19(23)21-13-16-10-8-7-9-11-16/h5,7-11H,1,6,12-13H2,2-4H3,(H,21,23). The molecule has 5 heteroatoms. The first-order valence-electron chi connectivity index (χ1n) is 8.31. The Labute approximate surface area is 148 Å². The van der Waals surface area contributed by atoms with Gasteiger partial charge in [0.2, 0.25) is 0 Å². The number of esters is 1. The number of nitrogens with one attached hydrogen (secondary N) is 1. The van der Waals surface area contributed by atoms with Gasteiger partial charge in [0.25, 0.3) is 5.91 Å². The van der Waals surface area contributed by atoms with Crippen LogP contribution in [-0.4, -0.2) is 23.1 Å². The average molecular weight is 340 g/mol. The number of allylic oxidation sites excluding steroid dienone is 1. The minimum absolute atomic E-state index is 0.202. The summed E-state index contributed by atoms with van der Waals surface area (Å²) >= 11 is 0. The third kappa shape index (κ3) is 3.99. The van der Waals surface area contributed by atoms with Crippen molar-refractivity contribution in [2.24, 2.45) is 0 Å². The van der Waals surface area contributed by atoms with Gasteiger partial charge in [0.15, 0.2) is 0 Å². The predicted molar refractivity (Wildman–Crippen MR) is 97.7 cm³/mol. The van der Waals surface area contributed by atoms with Crippen molar-refractivity contribution in [1.82, 2.24) is 9.88 Å². The molecular formula is C20H24N2O3. The topological polar surface area (TPSA) is 60.3 Å². The summed E-state index contributed by atoms with van der Waals surface area (Å²) in [5, 5.41) is 2.92. The molecule has 0 saturated carbocycles. The van der Waals surface area contributed by atoms with Gasteiger partial charge in [0.1, 0.15) is 5.69 Å². The maximum atomic E-state index is 12.7.